The number of hydrogen-bond donors (Lipinski definition) is 0. The van der Waals surface area contributed by atoms with Crippen LogP contribution < -0.4 is 26.2 Å². The van der Waals surface area contributed by atoms with Gasteiger partial charge in [-0.3, -0.25) is 0 Å². The highest BCUT2D eigenvalue weighted by Crippen LogP contribution is 2.53. The van der Waals surface area contributed by atoms with E-state index >= 15 is 0 Å². The van der Waals surface area contributed by atoms with E-state index < -0.39 is 0 Å². The minimum Gasteiger partial charge on any atom is -0.311 e. The van der Waals surface area contributed by atoms with Crippen LogP contribution in [0.15, 0.2) is 188 Å². The highest BCUT2D eigenvalue weighted by atomic mass is 15.2. The maximum atomic E-state index is 2.74. The van der Waals surface area contributed by atoms with Crippen LogP contribution in [0.25, 0.3) is 65.3 Å². The Balaban J connectivity index is 1.28. The Hall–Kier alpha value is -7.88. The van der Waals surface area contributed by atoms with Gasteiger partial charge in [0.1, 0.15) is 0 Å². The van der Waals surface area contributed by atoms with Gasteiger partial charge in [0, 0.05) is 44.9 Å². The summed E-state index contributed by atoms with van der Waals surface area (Å²) in [4.78, 5) is 5.48. The molecule has 0 saturated heterocycles. The SMILES string of the molecule is CC(C)(C)c1cc(N2c3cc(-c4c(C(C)(C)C)cc(-c5ccccc5)cc4C(C)(C)C)cc4c3B(c3ccc5cc6ccccc6cc5c32)c2ccc3cc5ccccc5cc3c2N4c2cc(C(C)(C)C)cc(C(C)(C)C)c2)cc(C(C)(C)C)c1. The van der Waals surface area contributed by atoms with Crippen LogP contribution in [0, 0.1) is 0 Å². The lowest BCUT2D eigenvalue weighted by Gasteiger charge is -2.46. The van der Waals surface area contributed by atoms with Crippen molar-refractivity contribution in [2.75, 3.05) is 9.80 Å². The van der Waals surface area contributed by atoms with Crippen molar-refractivity contribution in [3.63, 3.8) is 0 Å². The fourth-order valence-corrected chi connectivity index (χ4v) is 13.8. The second-order valence-corrected chi connectivity index (χ2v) is 31.2. The summed E-state index contributed by atoms with van der Waals surface area (Å²) >= 11 is 0. The average Bonchev–Trinajstić information content (AvgIpc) is 0.909. The van der Waals surface area contributed by atoms with Gasteiger partial charge in [-0.1, -0.05) is 240 Å². The average molecular weight is 1110 g/mol. The molecule has 0 atom stereocenters. The van der Waals surface area contributed by atoms with Crippen LogP contribution in [-0.2, 0) is 32.5 Å². The molecule has 3 heteroatoms. The maximum Gasteiger partial charge on any atom is 0.252 e. The zero-order valence-electron chi connectivity index (χ0n) is 53.9. The first-order valence-corrected chi connectivity index (χ1v) is 31.2. The second kappa shape index (κ2) is 19.3. The lowest BCUT2D eigenvalue weighted by atomic mass is 9.33. The monoisotopic (exact) mass is 1110 g/mol. The van der Waals surface area contributed by atoms with Crippen molar-refractivity contribution in [3.8, 4) is 22.3 Å². The summed E-state index contributed by atoms with van der Waals surface area (Å²) in [5.41, 5.74) is 23.4. The van der Waals surface area contributed by atoms with Crippen molar-refractivity contribution in [1.82, 2.24) is 0 Å². The Bertz CT molecular complexity index is 4210. The van der Waals surface area contributed by atoms with E-state index in [2.05, 4.69) is 322 Å². The second-order valence-electron chi connectivity index (χ2n) is 31.2. The topological polar surface area (TPSA) is 6.48 Å². The van der Waals surface area contributed by atoms with Crippen molar-refractivity contribution in [2.24, 2.45) is 0 Å². The Morgan fingerprint density at radius 2 is 0.635 bits per heavy atom. The molecular formula is C82H85BN2. The maximum absolute atomic E-state index is 2.74. The molecule has 2 aliphatic rings. The van der Waals surface area contributed by atoms with E-state index in [1.54, 1.807) is 0 Å². The van der Waals surface area contributed by atoms with Gasteiger partial charge in [0.25, 0.3) is 6.71 Å². The summed E-state index contributed by atoms with van der Waals surface area (Å²) in [6.45, 7) is 42.9. The van der Waals surface area contributed by atoms with Crippen LogP contribution in [0.3, 0.4) is 0 Å². The standard InChI is InChI=1S/C82H85BN2/c1-77(2,3)59-44-60(78(4,5)6)47-63(46-59)84-71-42-58(73-67(81(13,14)15)40-57(41-68(73)82(16,17)18)50-26-20-19-21-27-50)43-72-74(71)83(69-34-32-55-36-51-28-22-24-30-53(51)38-65(55)75(69)84)70-35-33-56-37-52-29-23-25-31-54(52)39-66(56)76(70)85(72)64-48-61(79(7,8)9)45-62(49-64)80(10,11)12/h19-49H,1-18H3. The van der Waals surface area contributed by atoms with Gasteiger partial charge in [0.05, 0.1) is 0 Å². The van der Waals surface area contributed by atoms with Crippen LogP contribution in [0.5, 0.6) is 0 Å². The molecule has 0 amide bonds. The molecule has 2 aliphatic heterocycles. The summed E-state index contributed by atoms with van der Waals surface area (Å²) in [6, 6.07) is 74.0. The predicted molar refractivity (Wildman–Crippen MR) is 374 cm³/mol. The summed E-state index contributed by atoms with van der Waals surface area (Å²) in [5, 5.41) is 9.98. The first kappa shape index (κ1) is 56.3. The van der Waals surface area contributed by atoms with Crippen LogP contribution >= 0.6 is 0 Å². The van der Waals surface area contributed by atoms with E-state index in [0.717, 1.165) is 0 Å². The molecule has 11 aromatic rings. The number of nitrogens with zero attached hydrogens (tertiary/aromatic N) is 2. The molecular weight excluding hydrogens is 1020 g/mol. The predicted octanol–water partition coefficient (Wildman–Crippen LogP) is 21.5. The Morgan fingerprint density at radius 1 is 0.282 bits per heavy atom. The first-order valence-electron chi connectivity index (χ1n) is 31.2. The van der Waals surface area contributed by atoms with Gasteiger partial charge in [0.2, 0.25) is 0 Å². The molecule has 0 saturated carbocycles. The normalized spacial score (nSPS) is 13.9. The minimum absolute atomic E-state index is 0.117. The highest BCUT2D eigenvalue weighted by Gasteiger charge is 2.46. The summed E-state index contributed by atoms with van der Waals surface area (Å²) in [6.07, 6.45) is 0. The number of hydrogen-bond acceptors (Lipinski definition) is 2. The molecule has 426 valence electrons. The molecule has 0 N–H and O–H groups in total. The molecule has 0 aromatic heterocycles. The van der Waals surface area contributed by atoms with E-state index in [4.69, 9.17) is 0 Å². The quantitative estimate of drug-likeness (QED) is 0.128. The Kier molecular flexibility index (Phi) is 12.8. The third-order valence-corrected chi connectivity index (χ3v) is 18.7. The Labute approximate surface area is 508 Å². The smallest absolute Gasteiger partial charge is 0.252 e. The minimum atomic E-state index is -0.228. The van der Waals surface area contributed by atoms with Crippen molar-refractivity contribution >= 4 is 100 Å². The summed E-state index contributed by atoms with van der Waals surface area (Å²) in [7, 11) is 0. The van der Waals surface area contributed by atoms with Crippen LogP contribution in [0.1, 0.15) is 158 Å². The van der Waals surface area contributed by atoms with Crippen molar-refractivity contribution in [3.05, 3.63) is 221 Å². The molecule has 0 aliphatic carbocycles. The fraction of sp³-hybridized carbons (Fsp3) is 0.293. The molecule has 0 bridgehead atoms. The van der Waals surface area contributed by atoms with Crippen molar-refractivity contribution in [2.45, 2.75) is 157 Å². The summed E-state index contributed by atoms with van der Waals surface area (Å²) in [5.74, 6) is 0. The fourth-order valence-electron chi connectivity index (χ4n) is 13.8. The van der Waals surface area contributed by atoms with E-state index in [0.29, 0.717) is 0 Å². The van der Waals surface area contributed by atoms with E-state index in [1.807, 2.05) is 0 Å². The molecule has 2 heterocycles. The van der Waals surface area contributed by atoms with Crippen molar-refractivity contribution in [1.29, 1.82) is 0 Å². The van der Waals surface area contributed by atoms with Gasteiger partial charge >= 0.3 is 0 Å². The van der Waals surface area contributed by atoms with Crippen molar-refractivity contribution < 1.29 is 0 Å². The van der Waals surface area contributed by atoms with E-state index in [-0.39, 0.29) is 39.2 Å². The lowest BCUT2D eigenvalue weighted by molar-refractivity contribution is 0.568. The zero-order chi connectivity index (χ0) is 60.2. The van der Waals surface area contributed by atoms with Crippen LogP contribution in [0.2, 0.25) is 0 Å². The largest absolute Gasteiger partial charge is 0.311 e. The van der Waals surface area contributed by atoms with Gasteiger partial charge in [0.15, 0.2) is 0 Å². The van der Waals surface area contributed by atoms with Crippen LogP contribution in [0.4, 0.5) is 34.1 Å². The van der Waals surface area contributed by atoms with Gasteiger partial charge in [-0.15, -0.1) is 0 Å². The van der Waals surface area contributed by atoms with Gasteiger partial charge in [-0.05, 0) is 210 Å². The number of benzene rings is 11. The highest BCUT2D eigenvalue weighted by molar-refractivity contribution is 7.00. The summed E-state index contributed by atoms with van der Waals surface area (Å²) < 4.78 is 0. The third kappa shape index (κ3) is 9.66. The third-order valence-electron chi connectivity index (χ3n) is 18.7. The van der Waals surface area contributed by atoms with Gasteiger partial charge in [-0.25, -0.2) is 0 Å². The zero-order valence-corrected chi connectivity index (χ0v) is 53.9. The Morgan fingerprint density at radius 3 is 0.988 bits per heavy atom. The molecule has 85 heavy (non-hydrogen) atoms. The van der Waals surface area contributed by atoms with Gasteiger partial charge in [-0.2, -0.15) is 0 Å². The lowest BCUT2D eigenvalue weighted by Crippen LogP contribution is -2.61. The van der Waals surface area contributed by atoms with E-state index in [1.165, 1.54) is 149 Å². The molecule has 0 unspecified atom stereocenters. The first-order chi connectivity index (χ1) is 39.9. The number of rotatable bonds is 4. The molecule has 0 fully saturated rings. The molecule has 0 spiro atoms. The molecule has 2 nitrogen and oxygen atoms in total. The van der Waals surface area contributed by atoms with E-state index in [9.17, 15) is 0 Å². The molecule has 0 radical (unpaired) electrons. The molecule has 11 aromatic carbocycles. The van der Waals surface area contributed by atoms with Gasteiger partial charge < -0.3 is 9.80 Å². The number of anilines is 6. The molecule has 13 rings (SSSR count). The van der Waals surface area contributed by atoms with Crippen LogP contribution in [-0.4, -0.2) is 6.71 Å². The number of fused-ring (bicyclic) bond motifs is 10.